The van der Waals surface area contributed by atoms with Crippen molar-refractivity contribution in [3.05, 3.63) is 0 Å². The summed E-state index contributed by atoms with van der Waals surface area (Å²) in [5, 5.41) is 8.81. The Kier molecular flexibility index (Phi) is 6.09. The van der Waals surface area contributed by atoms with Gasteiger partial charge in [-0.3, -0.25) is 19.3 Å². The van der Waals surface area contributed by atoms with Gasteiger partial charge in [0, 0.05) is 25.9 Å². The first-order valence-electron chi connectivity index (χ1n) is 4.88. The second-order valence-electron chi connectivity index (χ2n) is 3.48. The van der Waals surface area contributed by atoms with Crippen molar-refractivity contribution in [1.29, 1.82) is 0 Å². The molecule has 1 unspecified atom stereocenters. The predicted octanol–water partition coefficient (Wildman–Crippen LogP) is -1.49. The topological polar surface area (TPSA) is 127 Å². The highest BCUT2D eigenvalue weighted by molar-refractivity contribution is 5.75. The third-order valence-corrected chi connectivity index (χ3v) is 2.20. The van der Waals surface area contributed by atoms with Crippen LogP contribution in [-0.2, 0) is 14.4 Å². The Balaban J connectivity index is 4.31. The zero-order valence-electron chi connectivity index (χ0n) is 9.18. The second kappa shape index (κ2) is 6.78. The molecule has 0 aromatic heterocycles. The largest absolute Gasteiger partial charge is 0.480 e. The van der Waals surface area contributed by atoms with Gasteiger partial charge in [-0.25, -0.2) is 0 Å². The van der Waals surface area contributed by atoms with E-state index in [0.717, 1.165) is 0 Å². The molecule has 0 saturated carbocycles. The number of amides is 2. The average molecular weight is 231 g/mol. The molecule has 0 aliphatic rings. The average Bonchev–Trinajstić information content (AvgIpc) is 2.16. The number of nitrogens with zero attached hydrogens (tertiary/aromatic N) is 1. The van der Waals surface area contributed by atoms with Gasteiger partial charge in [0.15, 0.2) is 0 Å². The van der Waals surface area contributed by atoms with Gasteiger partial charge in [-0.1, -0.05) is 0 Å². The van der Waals surface area contributed by atoms with Crippen LogP contribution in [0.1, 0.15) is 19.8 Å². The van der Waals surface area contributed by atoms with E-state index in [-0.39, 0.29) is 25.9 Å². The van der Waals surface area contributed by atoms with Crippen molar-refractivity contribution in [1.82, 2.24) is 4.90 Å². The Morgan fingerprint density at radius 2 is 1.50 bits per heavy atom. The molecule has 7 heteroatoms. The lowest BCUT2D eigenvalue weighted by Crippen LogP contribution is -2.42. The van der Waals surface area contributed by atoms with E-state index >= 15 is 0 Å². The first-order chi connectivity index (χ1) is 7.34. The van der Waals surface area contributed by atoms with Crippen LogP contribution in [-0.4, -0.2) is 46.9 Å². The highest BCUT2D eigenvalue weighted by atomic mass is 16.4. The van der Waals surface area contributed by atoms with E-state index in [1.54, 1.807) is 0 Å². The highest BCUT2D eigenvalue weighted by Crippen LogP contribution is 2.02. The van der Waals surface area contributed by atoms with E-state index in [2.05, 4.69) is 0 Å². The monoisotopic (exact) mass is 231 g/mol. The van der Waals surface area contributed by atoms with E-state index in [9.17, 15) is 14.4 Å². The van der Waals surface area contributed by atoms with Crippen molar-refractivity contribution < 1.29 is 19.5 Å². The minimum atomic E-state index is -1.02. The maximum absolute atomic E-state index is 10.8. The molecule has 0 bridgehead atoms. The number of carboxylic acids is 1. The number of aliphatic carboxylic acids is 1. The third-order valence-electron chi connectivity index (χ3n) is 2.20. The van der Waals surface area contributed by atoms with Gasteiger partial charge < -0.3 is 16.6 Å². The van der Waals surface area contributed by atoms with Crippen LogP contribution >= 0.6 is 0 Å². The molecule has 1 atom stereocenters. The van der Waals surface area contributed by atoms with Gasteiger partial charge in [-0.05, 0) is 6.92 Å². The van der Waals surface area contributed by atoms with Crippen molar-refractivity contribution in [3.8, 4) is 0 Å². The van der Waals surface area contributed by atoms with Crippen molar-refractivity contribution >= 4 is 17.8 Å². The van der Waals surface area contributed by atoms with E-state index in [4.69, 9.17) is 16.6 Å². The third kappa shape index (κ3) is 5.97. The number of carbonyl (C=O) groups excluding carboxylic acids is 2. The summed E-state index contributed by atoms with van der Waals surface area (Å²) in [7, 11) is 0. The Morgan fingerprint density at radius 3 is 1.75 bits per heavy atom. The normalized spacial score (nSPS) is 12.4. The zero-order chi connectivity index (χ0) is 12.7. The van der Waals surface area contributed by atoms with Crippen molar-refractivity contribution in [2.75, 3.05) is 13.1 Å². The number of primary amides is 2. The molecule has 0 rings (SSSR count). The summed E-state index contributed by atoms with van der Waals surface area (Å²) in [6.45, 7) is 1.89. The Labute approximate surface area is 93.4 Å². The highest BCUT2D eigenvalue weighted by Gasteiger charge is 2.20. The lowest BCUT2D eigenvalue weighted by Gasteiger charge is -2.25. The van der Waals surface area contributed by atoms with Crippen LogP contribution in [0.2, 0.25) is 0 Å². The number of carbonyl (C=O) groups is 3. The van der Waals surface area contributed by atoms with Crippen LogP contribution in [0.15, 0.2) is 0 Å². The van der Waals surface area contributed by atoms with E-state index in [1.165, 1.54) is 11.8 Å². The summed E-state index contributed by atoms with van der Waals surface area (Å²) in [4.78, 5) is 33.4. The summed E-state index contributed by atoms with van der Waals surface area (Å²) in [6.07, 6.45) is 0.104. The number of hydrogen-bond acceptors (Lipinski definition) is 4. The number of nitrogens with two attached hydrogens (primary N) is 2. The molecule has 0 aliphatic carbocycles. The fraction of sp³-hybridized carbons (Fsp3) is 0.667. The van der Waals surface area contributed by atoms with Gasteiger partial charge in [-0.2, -0.15) is 0 Å². The van der Waals surface area contributed by atoms with Crippen LogP contribution in [0.25, 0.3) is 0 Å². The standard InChI is InChI=1S/C9H17N3O4/c1-6(9(15)16)12(4-2-7(10)13)5-3-8(11)14/h6H,2-5H2,1H3,(H2,10,13)(H2,11,14)(H,15,16). The summed E-state index contributed by atoms with van der Waals surface area (Å²) in [6, 6.07) is -0.779. The fourth-order valence-corrected chi connectivity index (χ4v) is 1.16. The molecular formula is C9H17N3O4. The Bertz CT molecular complexity index is 262. The maximum atomic E-state index is 10.8. The van der Waals surface area contributed by atoms with Crippen LogP contribution in [0.4, 0.5) is 0 Å². The molecule has 0 saturated heterocycles. The SMILES string of the molecule is CC(C(=O)O)N(CCC(N)=O)CCC(N)=O. The minimum Gasteiger partial charge on any atom is -0.480 e. The van der Waals surface area contributed by atoms with Gasteiger partial charge in [0.1, 0.15) is 6.04 Å². The summed E-state index contributed by atoms with van der Waals surface area (Å²) < 4.78 is 0. The summed E-state index contributed by atoms with van der Waals surface area (Å²) >= 11 is 0. The Morgan fingerprint density at radius 1 is 1.12 bits per heavy atom. The van der Waals surface area contributed by atoms with Crippen LogP contribution in [0.3, 0.4) is 0 Å². The number of carboxylic acid groups (broad SMARTS) is 1. The van der Waals surface area contributed by atoms with Gasteiger partial charge in [0.25, 0.3) is 0 Å². The molecule has 0 aliphatic heterocycles. The molecule has 0 aromatic rings. The van der Waals surface area contributed by atoms with Gasteiger partial charge >= 0.3 is 5.97 Å². The van der Waals surface area contributed by atoms with Crippen LogP contribution in [0.5, 0.6) is 0 Å². The quantitative estimate of drug-likeness (QED) is 0.469. The molecule has 2 amide bonds. The van der Waals surface area contributed by atoms with Crippen molar-refractivity contribution in [3.63, 3.8) is 0 Å². The maximum Gasteiger partial charge on any atom is 0.320 e. The van der Waals surface area contributed by atoms with Gasteiger partial charge in [-0.15, -0.1) is 0 Å². The minimum absolute atomic E-state index is 0.0520. The lowest BCUT2D eigenvalue weighted by molar-refractivity contribution is -0.143. The molecule has 0 fully saturated rings. The smallest absolute Gasteiger partial charge is 0.320 e. The molecule has 5 N–H and O–H groups in total. The van der Waals surface area contributed by atoms with Crippen molar-refractivity contribution in [2.24, 2.45) is 11.5 Å². The van der Waals surface area contributed by atoms with E-state index < -0.39 is 23.8 Å². The predicted molar refractivity (Wildman–Crippen MR) is 56.3 cm³/mol. The van der Waals surface area contributed by atoms with Crippen LogP contribution < -0.4 is 11.5 Å². The molecular weight excluding hydrogens is 214 g/mol. The first-order valence-corrected chi connectivity index (χ1v) is 4.88. The molecule has 0 aromatic carbocycles. The molecule has 7 nitrogen and oxygen atoms in total. The van der Waals surface area contributed by atoms with E-state index in [1.807, 2.05) is 0 Å². The number of hydrogen-bond donors (Lipinski definition) is 3. The second-order valence-corrected chi connectivity index (χ2v) is 3.48. The molecule has 0 spiro atoms. The van der Waals surface area contributed by atoms with Gasteiger partial charge in [0.2, 0.25) is 11.8 Å². The molecule has 0 heterocycles. The van der Waals surface area contributed by atoms with Crippen LogP contribution in [0, 0.1) is 0 Å². The summed E-state index contributed by atoms with van der Waals surface area (Å²) in [5.41, 5.74) is 9.94. The first kappa shape index (κ1) is 14.4. The molecule has 16 heavy (non-hydrogen) atoms. The fourth-order valence-electron chi connectivity index (χ4n) is 1.16. The van der Waals surface area contributed by atoms with E-state index in [0.29, 0.717) is 0 Å². The lowest BCUT2D eigenvalue weighted by atomic mass is 10.2. The molecule has 92 valence electrons. The molecule has 0 radical (unpaired) electrons. The van der Waals surface area contributed by atoms with Gasteiger partial charge in [0.05, 0.1) is 0 Å². The number of rotatable bonds is 8. The Hall–Kier alpha value is -1.63. The zero-order valence-corrected chi connectivity index (χ0v) is 9.18. The summed E-state index contributed by atoms with van der Waals surface area (Å²) in [5.74, 6) is -2.04. The van der Waals surface area contributed by atoms with Crippen molar-refractivity contribution in [2.45, 2.75) is 25.8 Å².